The molecule has 130 valence electrons. The summed E-state index contributed by atoms with van der Waals surface area (Å²) in [5.74, 6) is -0.0494. The Labute approximate surface area is 151 Å². The highest BCUT2D eigenvalue weighted by Crippen LogP contribution is 2.34. The van der Waals surface area contributed by atoms with Crippen LogP contribution in [0.3, 0.4) is 0 Å². The highest BCUT2D eigenvalue weighted by molar-refractivity contribution is 5.93. The summed E-state index contributed by atoms with van der Waals surface area (Å²) in [7, 11) is 0. The summed E-state index contributed by atoms with van der Waals surface area (Å²) < 4.78 is 13.3. The molecule has 4 nitrogen and oxygen atoms in total. The molecule has 0 radical (unpaired) electrons. The molecule has 0 N–H and O–H groups in total. The fourth-order valence-electron chi connectivity index (χ4n) is 3.56. The number of hydrogen-bond donors (Lipinski definition) is 0. The van der Waals surface area contributed by atoms with E-state index >= 15 is 0 Å². The van der Waals surface area contributed by atoms with E-state index in [0.29, 0.717) is 37.2 Å². The van der Waals surface area contributed by atoms with Gasteiger partial charge in [0.2, 0.25) is 0 Å². The molecular weight excluding hydrogens is 329 g/mol. The maximum Gasteiger partial charge on any atom is 0.272 e. The molecule has 1 aliphatic carbocycles. The average Bonchev–Trinajstić information content (AvgIpc) is 3.11. The topological polar surface area (TPSA) is 57.0 Å². The zero-order chi connectivity index (χ0) is 18.1. The van der Waals surface area contributed by atoms with Crippen LogP contribution in [0, 0.1) is 11.3 Å². The molecule has 1 amide bonds. The molecule has 1 fully saturated rings. The molecule has 4 rings (SSSR count). The van der Waals surface area contributed by atoms with Gasteiger partial charge in [-0.2, -0.15) is 5.26 Å². The molecule has 1 aliphatic heterocycles. The van der Waals surface area contributed by atoms with Gasteiger partial charge in [0.05, 0.1) is 17.3 Å². The molecule has 0 spiro atoms. The molecule has 1 unspecified atom stereocenters. The lowest BCUT2D eigenvalue weighted by atomic mass is 9.93. The summed E-state index contributed by atoms with van der Waals surface area (Å²) in [6.45, 7) is 0.894. The van der Waals surface area contributed by atoms with Crippen molar-refractivity contribution in [3.8, 4) is 6.07 Å². The standard InChI is InChI=1S/C21H18FN3O/c22-16-9-11-25(12-10-16)21(26)20-8-6-18-17(5-7-19(18)24-20)15-3-1-14(13-23)2-4-15/h1-8,16-17H,9-12H2. The van der Waals surface area contributed by atoms with Crippen molar-refractivity contribution in [1.29, 1.82) is 5.26 Å². The number of rotatable bonds is 2. The number of aromatic nitrogens is 1. The summed E-state index contributed by atoms with van der Waals surface area (Å²) in [5, 5.41) is 8.93. The Balaban J connectivity index is 1.56. The van der Waals surface area contributed by atoms with Gasteiger partial charge in [0.15, 0.2) is 0 Å². The number of benzene rings is 1. The number of carbonyl (C=O) groups excluding carboxylic acids is 1. The van der Waals surface area contributed by atoms with Gasteiger partial charge in [-0.25, -0.2) is 9.37 Å². The maximum atomic E-state index is 13.3. The van der Waals surface area contributed by atoms with E-state index in [1.165, 1.54) is 0 Å². The zero-order valence-electron chi connectivity index (χ0n) is 14.2. The Bertz CT molecular complexity index is 906. The van der Waals surface area contributed by atoms with Crippen molar-refractivity contribution in [3.05, 3.63) is 70.6 Å². The van der Waals surface area contributed by atoms with Gasteiger partial charge in [-0.3, -0.25) is 4.79 Å². The predicted molar refractivity (Wildman–Crippen MR) is 96.3 cm³/mol. The lowest BCUT2D eigenvalue weighted by molar-refractivity contribution is 0.0661. The highest BCUT2D eigenvalue weighted by Gasteiger charge is 2.26. The quantitative estimate of drug-likeness (QED) is 0.832. The van der Waals surface area contributed by atoms with Gasteiger partial charge in [0.25, 0.3) is 5.91 Å². The third kappa shape index (κ3) is 2.99. The van der Waals surface area contributed by atoms with Crippen molar-refractivity contribution in [1.82, 2.24) is 9.88 Å². The minimum atomic E-state index is -0.803. The number of nitrogens with zero attached hydrogens (tertiary/aromatic N) is 3. The third-order valence-electron chi connectivity index (χ3n) is 5.07. The molecule has 0 saturated carbocycles. The first-order valence-corrected chi connectivity index (χ1v) is 8.78. The van der Waals surface area contributed by atoms with E-state index in [1.54, 1.807) is 23.1 Å². The first-order valence-electron chi connectivity index (χ1n) is 8.78. The molecule has 1 aromatic heterocycles. The number of halogens is 1. The Morgan fingerprint density at radius 3 is 2.58 bits per heavy atom. The molecule has 2 aromatic rings. The summed E-state index contributed by atoms with van der Waals surface area (Å²) in [4.78, 5) is 18.8. The van der Waals surface area contributed by atoms with E-state index < -0.39 is 6.17 Å². The fraction of sp³-hybridized carbons (Fsp3) is 0.286. The first kappa shape index (κ1) is 16.5. The number of carbonyl (C=O) groups is 1. The summed E-state index contributed by atoms with van der Waals surface area (Å²) in [6.07, 6.45) is 3.99. The van der Waals surface area contributed by atoms with Gasteiger partial charge in [-0.1, -0.05) is 24.3 Å². The van der Waals surface area contributed by atoms with Gasteiger partial charge in [0, 0.05) is 19.0 Å². The Kier molecular flexibility index (Phi) is 4.26. The van der Waals surface area contributed by atoms with Crippen LogP contribution in [-0.4, -0.2) is 35.1 Å². The summed E-state index contributed by atoms with van der Waals surface area (Å²) in [5.41, 5.74) is 3.97. The second-order valence-electron chi connectivity index (χ2n) is 6.71. The fourth-order valence-corrected chi connectivity index (χ4v) is 3.56. The SMILES string of the molecule is N#Cc1ccc(C2C=Cc3nc(C(=O)N4CCC(F)CC4)ccc32)cc1. The smallest absolute Gasteiger partial charge is 0.272 e. The lowest BCUT2D eigenvalue weighted by Gasteiger charge is -2.28. The molecule has 26 heavy (non-hydrogen) atoms. The number of alkyl halides is 1. The van der Waals surface area contributed by atoms with Gasteiger partial charge in [-0.05, 0) is 48.2 Å². The molecule has 1 saturated heterocycles. The Morgan fingerprint density at radius 1 is 1.15 bits per heavy atom. The second kappa shape index (κ2) is 6.72. The van der Waals surface area contributed by atoms with E-state index in [1.807, 2.05) is 24.3 Å². The third-order valence-corrected chi connectivity index (χ3v) is 5.07. The molecule has 0 bridgehead atoms. The van der Waals surface area contributed by atoms with Crippen molar-refractivity contribution in [2.24, 2.45) is 0 Å². The van der Waals surface area contributed by atoms with E-state index in [2.05, 4.69) is 17.1 Å². The second-order valence-corrected chi connectivity index (χ2v) is 6.71. The van der Waals surface area contributed by atoms with Gasteiger partial charge in [0.1, 0.15) is 11.9 Å². The number of fused-ring (bicyclic) bond motifs is 1. The van der Waals surface area contributed by atoms with Crippen LogP contribution in [0.4, 0.5) is 4.39 Å². The molecule has 1 atom stereocenters. The number of nitriles is 1. The minimum Gasteiger partial charge on any atom is -0.337 e. The van der Waals surface area contributed by atoms with E-state index in [0.717, 1.165) is 16.8 Å². The van der Waals surface area contributed by atoms with Crippen molar-refractivity contribution in [2.45, 2.75) is 24.9 Å². The number of pyridine rings is 1. The predicted octanol–water partition coefficient (Wildman–Crippen LogP) is 3.69. The van der Waals surface area contributed by atoms with Crippen LogP contribution in [0.5, 0.6) is 0 Å². The molecule has 2 heterocycles. The van der Waals surface area contributed by atoms with Crippen LogP contribution in [0.2, 0.25) is 0 Å². The van der Waals surface area contributed by atoms with Crippen LogP contribution in [0.15, 0.2) is 42.5 Å². The van der Waals surface area contributed by atoms with Gasteiger partial charge < -0.3 is 4.90 Å². The monoisotopic (exact) mass is 347 g/mol. The van der Waals surface area contributed by atoms with Crippen LogP contribution in [0.25, 0.3) is 6.08 Å². The number of likely N-dealkylation sites (tertiary alicyclic amines) is 1. The number of piperidine rings is 1. The maximum absolute atomic E-state index is 13.3. The Hall–Kier alpha value is -3.00. The molecule has 2 aliphatic rings. The van der Waals surface area contributed by atoms with Crippen molar-refractivity contribution in [3.63, 3.8) is 0 Å². The average molecular weight is 347 g/mol. The normalized spacial score (nSPS) is 19.2. The molecular formula is C21H18FN3O. The lowest BCUT2D eigenvalue weighted by Crippen LogP contribution is -2.39. The van der Waals surface area contributed by atoms with E-state index in [-0.39, 0.29) is 11.8 Å². The van der Waals surface area contributed by atoms with Crippen LogP contribution in [0.1, 0.15) is 51.6 Å². The largest absolute Gasteiger partial charge is 0.337 e. The number of hydrogen-bond acceptors (Lipinski definition) is 3. The van der Waals surface area contributed by atoms with Crippen LogP contribution >= 0.6 is 0 Å². The first-order chi connectivity index (χ1) is 12.7. The van der Waals surface area contributed by atoms with E-state index in [9.17, 15) is 9.18 Å². The molecule has 5 heteroatoms. The number of allylic oxidation sites excluding steroid dienone is 1. The molecule has 1 aromatic carbocycles. The van der Waals surface area contributed by atoms with Gasteiger partial charge in [-0.15, -0.1) is 0 Å². The van der Waals surface area contributed by atoms with Crippen molar-refractivity contribution < 1.29 is 9.18 Å². The minimum absolute atomic E-state index is 0.0803. The number of amides is 1. The summed E-state index contributed by atoms with van der Waals surface area (Å²) in [6, 6.07) is 13.3. The van der Waals surface area contributed by atoms with Crippen molar-refractivity contribution >= 4 is 12.0 Å². The van der Waals surface area contributed by atoms with Crippen molar-refractivity contribution in [2.75, 3.05) is 13.1 Å². The van der Waals surface area contributed by atoms with E-state index in [4.69, 9.17) is 5.26 Å². The zero-order valence-corrected chi connectivity index (χ0v) is 14.2. The Morgan fingerprint density at radius 2 is 1.88 bits per heavy atom. The summed E-state index contributed by atoms with van der Waals surface area (Å²) >= 11 is 0. The van der Waals surface area contributed by atoms with Gasteiger partial charge >= 0.3 is 0 Å². The van der Waals surface area contributed by atoms with Crippen LogP contribution < -0.4 is 0 Å². The highest BCUT2D eigenvalue weighted by atomic mass is 19.1. The van der Waals surface area contributed by atoms with Crippen LogP contribution in [-0.2, 0) is 0 Å².